The summed E-state index contributed by atoms with van der Waals surface area (Å²) in [5.74, 6) is -0.289. The number of carbonyl (C=O) groups is 2. The number of hydrogen-bond donors (Lipinski definition) is 1. The average molecular weight is 588 g/mol. The molecule has 1 atom stereocenters. The van der Waals surface area contributed by atoms with Crippen LogP contribution in [0.1, 0.15) is 18.1 Å². The van der Waals surface area contributed by atoms with Crippen LogP contribution in [0.2, 0.25) is 5.02 Å². The Morgan fingerprint density at radius 3 is 2.20 bits per heavy atom. The summed E-state index contributed by atoms with van der Waals surface area (Å²) in [6.45, 7) is 1.64. The third kappa shape index (κ3) is 8.12. The zero-order chi connectivity index (χ0) is 29.3. The van der Waals surface area contributed by atoms with Gasteiger partial charge in [-0.25, -0.2) is 8.42 Å². The van der Waals surface area contributed by atoms with E-state index in [1.807, 2.05) is 30.3 Å². The van der Waals surface area contributed by atoms with Gasteiger partial charge < -0.3 is 19.7 Å². The largest absolute Gasteiger partial charge is 0.497 e. The van der Waals surface area contributed by atoms with Crippen LogP contribution < -0.4 is 19.1 Å². The number of amides is 2. The highest BCUT2D eigenvalue weighted by Crippen LogP contribution is 2.34. The molecule has 3 rings (SSSR count). The second-order valence-corrected chi connectivity index (χ2v) is 11.4. The van der Waals surface area contributed by atoms with Crippen molar-refractivity contribution in [2.45, 2.75) is 25.9 Å². The lowest BCUT2D eigenvalue weighted by atomic mass is 10.0. The summed E-state index contributed by atoms with van der Waals surface area (Å²) in [5, 5.41) is 3.35. The van der Waals surface area contributed by atoms with Crippen LogP contribution in [-0.2, 0) is 32.6 Å². The number of anilines is 1. The van der Waals surface area contributed by atoms with E-state index >= 15 is 0 Å². The maximum Gasteiger partial charge on any atom is 0.244 e. The Morgan fingerprint density at radius 2 is 1.62 bits per heavy atom. The predicted octanol–water partition coefficient (Wildman–Crippen LogP) is 3.90. The van der Waals surface area contributed by atoms with Gasteiger partial charge in [0, 0.05) is 30.6 Å². The molecule has 40 heavy (non-hydrogen) atoms. The molecule has 0 aliphatic carbocycles. The fourth-order valence-corrected chi connectivity index (χ4v) is 5.19. The lowest BCUT2D eigenvalue weighted by molar-refractivity contribution is -0.140. The van der Waals surface area contributed by atoms with Gasteiger partial charge in [-0.1, -0.05) is 54.1 Å². The number of sulfonamides is 1. The minimum absolute atomic E-state index is 0.0531. The Morgan fingerprint density at radius 1 is 0.950 bits per heavy atom. The predicted molar refractivity (Wildman–Crippen MR) is 156 cm³/mol. The van der Waals surface area contributed by atoms with Crippen LogP contribution in [0.5, 0.6) is 11.5 Å². The quantitative estimate of drug-likeness (QED) is 0.325. The minimum atomic E-state index is -3.97. The molecule has 9 nitrogen and oxygen atoms in total. The molecule has 0 unspecified atom stereocenters. The highest BCUT2D eigenvalue weighted by atomic mass is 35.5. The summed E-state index contributed by atoms with van der Waals surface area (Å²) in [5.41, 5.74) is 1.72. The molecule has 0 aliphatic rings. The third-order valence-corrected chi connectivity index (χ3v) is 7.60. The van der Waals surface area contributed by atoms with E-state index in [4.69, 9.17) is 21.1 Å². The first-order valence-corrected chi connectivity index (χ1v) is 14.8. The van der Waals surface area contributed by atoms with Crippen molar-refractivity contribution in [2.24, 2.45) is 0 Å². The minimum Gasteiger partial charge on any atom is -0.497 e. The summed E-state index contributed by atoms with van der Waals surface area (Å²) in [7, 11) is -1.10. The molecule has 0 fully saturated rings. The first-order chi connectivity index (χ1) is 19.1. The van der Waals surface area contributed by atoms with Crippen LogP contribution in [0, 0.1) is 0 Å². The molecule has 1 N–H and O–H groups in total. The van der Waals surface area contributed by atoms with Crippen LogP contribution in [0.25, 0.3) is 0 Å². The lowest BCUT2D eigenvalue weighted by Crippen LogP contribution is -2.53. The second kappa shape index (κ2) is 14.0. The Hall–Kier alpha value is -3.76. The molecular weight excluding hydrogens is 554 g/mol. The van der Waals surface area contributed by atoms with Gasteiger partial charge >= 0.3 is 0 Å². The van der Waals surface area contributed by atoms with E-state index in [1.165, 1.54) is 25.2 Å². The molecule has 0 radical (unpaired) electrons. The second-order valence-electron chi connectivity index (χ2n) is 9.06. The van der Waals surface area contributed by atoms with Crippen LogP contribution in [0.15, 0.2) is 72.8 Å². The number of ether oxygens (including phenoxy) is 2. The van der Waals surface area contributed by atoms with E-state index in [9.17, 15) is 18.0 Å². The summed E-state index contributed by atoms with van der Waals surface area (Å²) in [4.78, 5) is 28.9. The van der Waals surface area contributed by atoms with Crippen molar-refractivity contribution in [2.75, 3.05) is 37.9 Å². The molecule has 11 heteroatoms. The molecule has 0 saturated carbocycles. The topological polar surface area (TPSA) is 105 Å². The van der Waals surface area contributed by atoms with Gasteiger partial charge in [-0.05, 0) is 42.3 Å². The van der Waals surface area contributed by atoms with Crippen molar-refractivity contribution in [1.82, 2.24) is 10.2 Å². The molecular formula is C29H34ClN3O6S. The molecule has 0 aliphatic heterocycles. The summed E-state index contributed by atoms with van der Waals surface area (Å²) in [6, 6.07) is 20.0. The number of likely N-dealkylation sites (N-methyl/N-ethyl adjacent to an activating group) is 1. The summed E-state index contributed by atoms with van der Waals surface area (Å²) >= 11 is 6.07. The molecule has 0 saturated heterocycles. The third-order valence-electron chi connectivity index (χ3n) is 6.22. The number of halogens is 1. The maximum atomic E-state index is 14.1. The van der Waals surface area contributed by atoms with Gasteiger partial charge in [-0.15, -0.1) is 0 Å². The number of hydrogen-bond acceptors (Lipinski definition) is 6. The molecule has 0 aromatic heterocycles. The number of methoxy groups -OCH3 is 2. The van der Waals surface area contributed by atoms with Gasteiger partial charge in [-0.2, -0.15) is 0 Å². The lowest BCUT2D eigenvalue weighted by Gasteiger charge is -2.33. The normalized spacial score (nSPS) is 11.8. The Bertz CT molecular complexity index is 1400. The smallest absolute Gasteiger partial charge is 0.244 e. The van der Waals surface area contributed by atoms with E-state index in [-0.39, 0.29) is 30.3 Å². The summed E-state index contributed by atoms with van der Waals surface area (Å²) < 4.78 is 37.7. The number of carbonyl (C=O) groups excluding carboxylic acids is 2. The van der Waals surface area contributed by atoms with Crippen LogP contribution in [-0.4, -0.2) is 64.7 Å². The highest BCUT2D eigenvalue weighted by Gasteiger charge is 2.33. The zero-order valence-corrected chi connectivity index (χ0v) is 24.5. The van der Waals surface area contributed by atoms with Gasteiger partial charge in [0.05, 0.1) is 26.2 Å². The van der Waals surface area contributed by atoms with Crippen molar-refractivity contribution in [1.29, 1.82) is 0 Å². The number of benzene rings is 3. The fraction of sp³-hybridized carbons (Fsp3) is 0.310. The van der Waals surface area contributed by atoms with E-state index in [1.54, 1.807) is 43.3 Å². The SMILES string of the molecule is CCNC(=O)[C@@H](Cc1ccccc1)N(Cc1ccc(Cl)cc1)C(=O)CN(c1cc(OC)ccc1OC)S(C)(=O)=O. The Kier molecular flexibility index (Phi) is 10.8. The molecule has 2 amide bonds. The van der Waals surface area contributed by atoms with E-state index < -0.39 is 28.5 Å². The molecule has 3 aromatic rings. The van der Waals surface area contributed by atoms with Crippen molar-refractivity contribution in [3.8, 4) is 11.5 Å². The molecule has 0 bridgehead atoms. The number of nitrogens with one attached hydrogen (secondary N) is 1. The standard InChI is InChI=1S/C29H34ClN3O6S/c1-5-31-29(35)26(17-21-9-7-6-8-10-21)32(19-22-11-13-23(30)14-12-22)28(34)20-33(40(4,36)37)25-18-24(38-2)15-16-27(25)39-3/h6-16,18,26H,5,17,19-20H2,1-4H3,(H,31,35)/t26-/m1/s1. The Balaban J connectivity index is 2.08. The summed E-state index contributed by atoms with van der Waals surface area (Å²) in [6.07, 6.45) is 1.24. The van der Waals surface area contributed by atoms with E-state index in [2.05, 4.69) is 5.32 Å². The first-order valence-electron chi connectivity index (χ1n) is 12.6. The van der Waals surface area contributed by atoms with Crippen molar-refractivity contribution in [3.63, 3.8) is 0 Å². The number of rotatable bonds is 13. The van der Waals surface area contributed by atoms with Crippen LogP contribution in [0.3, 0.4) is 0 Å². The van der Waals surface area contributed by atoms with Gasteiger partial charge in [0.1, 0.15) is 24.1 Å². The van der Waals surface area contributed by atoms with Crippen molar-refractivity contribution in [3.05, 3.63) is 88.9 Å². The maximum absolute atomic E-state index is 14.1. The van der Waals surface area contributed by atoms with Gasteiger partial charge in [-0.3, -0.25) is 13.9 Å². The molecule has 3 aromatic carbocycles. The molecule has 0 heterocycles. The monoisotopic (exact) mass is 587 g/mol. The first kappa shape index (κ1) is 30.8. The van der Waals surface area contributed by atoms with Gasteiger partial charge in [0.2, 0.25) is 21.8 Å². The molecule has 214 valence electrons. The van der Waals surface area contributed by atoms with E-state index in [0.29, 0.717) is 17.3 Å². The van der Waals surface area contributed by atoms with E-state index in [0.717, 1.165) is 21.7 Å². The zero-order valence-electron chi connectivity index (χ0n) is 23.0. The van der Waals surface area contributed by atoms with Crippen molar-refractivity contribution >= 4 is 39.1 Å². The van der Waals surface area contributed by atoms with Gasteiger partial charge in [0.15, 0.2) is 0 Å². The average Bonchev–Trinajstić information content (AvgIpc) is 2.94. The van der Waals surface area contributed by atoms with Gasteiger partial charge in [0.25, 0.3) is 0 Å². The fourth-order valence-electron chi connectivity index (χ4n) is 4.22. The number of nitrogens with zero attached hydrogens (tertiary/aromatic N) is 2. The van der Waals surface area contributed by atoms with Crippen molar-refractivity contribution < 1.29 is 27.5 Å². The highest BCUT2D eigenvalue weighted by molar-refractivity contribution is 7.92. The van der Waals surface area contributed by atoms with Crippen LogP contribution >= 0.6 is 11.6 Å². The molecule has 0 spiro atoms. The Labute approximate surface area is 240 Å². The van der Waals surface area contributed by atoms with Crippen LogP contribution in [0.4, 0.5) is 5.69 Å².